The first-order valence-electron chi connectivity index (χ1n) is 9.85. The third kappa shape index (κ3) is 6.29. The average Bonchev–Trinajstić information content (AvgIpc) is 3.36. The number of anilines is 2. The number of nitrogen functional groups attached to an aromatic ring is 1. The Morgan fingerprint density at radius 2 is 1.84 bits per heavy atom. The highest BCUT2D eigenvalue weighted by atomic mass is 32.2. The van der Waals surface area contributed by atoms with Gasteiger partial charge in [-0.05, 0) is 12.1 Å². The zero-order chi connectivity index (χ0) is 21.9. The number of pyridine rings is 2. The van der Waals surface area contributed by atoms with Gasteiger partial charge >= 0.3 is 0 Å². The highest BCUT2D eigenvalue weighted by Gasteiger charge is 2.17. The number of nitrogens with one attached hydrogen (secondary N) is 1. The summed E-state index contributed by atoms with van der Waals surface area (Å²) in [4.78, 5) is 19.8. The van der Waals surface area contributed by atoms with Crippen molar-refractivity contribution in [2.45, 2.75) is 0 Å². The monoisotopic (exact) mass is 446 g/mol. The van der Waals surface area contributed by atoms with E-state index in [4.69, 9.17) is 30.1 Å². The molecule has 0 aliphatic carbocycles. The van der Waals surface area contributed by atoms with Gasteiger partial charge in [-0.2, -0.15) is 16.9 Å². The number of thioether (sulfide) groups is 1. The van der Waals surface area contributed by atoms with Crippen LogP contribution in [0.15, 0.2) is 30.6 Å². The largest absolute Gasteiger partial charge is 0.483 e. The molecule has 0 saturated carbocycles. The molecule has 0 amide bonds. The summed E-state index contributed by atoms with van der Waals surface area (Å²) in [5.41, 5.74) is 9.31. The molecular weight excluding hydrogens is 420 g/mol. The van der Waals surface area contributed by atoms with Gasteiger partial charge in [0.25, 0.3) is 6.47 Å². The normalized spacial score (nSPS) is 15.9. The third-order valence-corrected chi connectivity index (χ3v) is 5.49. The van der Waals surface area contributed by atoms with Crippen molar-refractivity contribution in [2.75, 3.05) is 61.7 Å². The number of rotatable bonds is 2. The summed E-state index contributed by atoms with van der Waals surface area (Å²) in [7, 11) is 0. The number of ether oxygens (including phenoxy) is 2. The Balaban J connectivity index is 0.000000255. The van der Waals surface area contributed by atoms with E-state index in [1.807, 2.05) is 30.0 Å². The summed E-state index contributed by atoms with van der Waals surface area (Å²) in [5.74, 6) is 3.25. The lowest BCUT2D eigenvalue weighted by molar-refractivity contribution is -0.122. The number of carboxylic acid groups (broad SMARTS) is 1. The van der Waals surface area contributed by atoms with E-state index in [9.17, 15) is 0 Å². The van der Waals surface area contributed by atoms with E-state index in [1.54, 1.807) is 12.4 Å². The lowest BCUT2D eigenvalue weighted by atomic mass is 10.1. The number of aromatic nitrogens is 4. The maximum Gasteiger partial charge on any atom is 0.290 e. The Labute approximate surface area is 184 Å². The van der Waals surface area contributed by atoms with Crippen LogP contribution in [0.2, 0.25) is 0 Å². The molecule has 31 heavy (non-hydrogen) atoms. The minimum absolute atomic E-state index is 0.250. The molecule has 0 unspecified atom stereocenters. The highest BCUT2D eigenvalue weighted by Crippen LogP contribution is 2.30. The van der Waals surface area contributed by atoms with Crippen LogP contribution in [-0.2, 0) is 14.3 Å². The van der Waals surface area contributed by atoms with Crippen LogP contribution in [0.4, 0.5) is 11.5 Å². The number of nitrogens with zero attached hydrogens (tertiary/aromatic N) is 4. The molecule has 2 saturated heterocycles. The first kappa shape index (κ1) is 22.8. The van der Waals surface area contributed by atoms with Gasteiger partial charge in [0.05, 0.1) is 32.1 Å². The minimum atomic E-state index is -0.250. The molecule has 11 heteroatoms. The molecule has 2 aliphatic rings. The molecule has 3 aromatic heterocycles. The topological polar surface area (TPSA) is 139 Å². The van der Waals surface area contributed by atoms with Crippen molar-refractivity contribution in [3.63, 3.8) is 0 Å². The van der Waals surface area contributed by atoms with Crippen LogP contribution < -0.4 is 10.6 Å². The number of aromatic amines is 1. The molecular formula is C20H26N6O4S. The number of H-pyrrole nitrogens is 1. The number of hydrogen-bond acceptors (Lipinski definition) is 9. The fraction of sp³-hybridized carbons (Fsp3) is 0.400. The SMILES string of the molecule is C1CSCCO1.Nc1cc(N2CCOCC2)nc2c(-c3ccn[nH]3)nccc12.O=CO. The molecule has 166 valence electrons. The van der Waals surface area contributed by atoms with Crippen molar-refractivity contribution < 1.29 is 19.4 Å². The highest BCUT2D eigenvalue weighted by molar-refractivity contribution is 7.99. The van der Waals surface area contributed by atoms with Crippen molar-refractivity contribution in [2.24, 2.45) is 0 Å². The molecule has 2 fully saturated rings. The van der Waals surface area contributed by atoms with Crippen LogP contribution in [-0.4, -0.2) is 82.8 Å². The Hall–Kier alpha value is -2.89. The molecule has 3 aromatic rings. The molecule has 0 bridgehead atoms. The number of morpholine rings is 1. The Bertz CT molecular complexity index is 935. The molecule has 0 spiro atoms. The third-order valence-electron chi connectivity index (χ3n) is 4.58. The number of nitrogens with two attached hydrogens (primary N) is 1. The Morgan fingerprint density at radius 3 is 2.42 bits per heavy atom. The lowest BCUT2D eigenvalue weighted by Gasteiger charge is -2.28. The zero-order valence-electron chi connectivity index (χ0n) is 17.1. The molecule has 5 rings (SSSR count). The van der Waals surface area contributed by atoms with Gasteiger partial charge in [-0.1, -0.05) is 0 Å². The first-order chi connectivity index (χ1) is 15.2. The second-order valence-electron chi connectivity index (χ2n) is 6.53. The van der Waals surface area contributed by atoms with E-state index in [1.165, 1.54) is 11.5 Å². The van der Waals surface area contributed by atoms with Crippen LogP contribution in [0.25, 0.3) is 22.3 Å². The van der Waals surface area contributed by atoms with Crippen molar-refractivity contribution in [1.29, 1.82) is 0 Å². The molecule has 2 aliphatic heterocycles. The Morgan fingerprint density at radius 1 is 1.13 bits per heavy atom. The summed E-state index contributed by atoms with van der Waals surface area (Å²) in [5, 5.41) is 14.7. The van der Waals surface area contributed by atoms with Crippen LogP contribution in [0, 0.1) is 0 Å². The lowest BCUT2D eigenvalue weighted by Crippen LogP contribution is -2.36. The van der Waals surface area contributed by atoms with Gasteiger partial charge in [0.2, 0.25) is 0 Å². The van der Waals surface area contributed by atoms with Crippen molar-refractivity contribution in [3.8, 4) is 11.4 Å². The minimum Gasteiger partial charge on any atom is -0.483 e. The fourth-order valence-corrected chi connectivity index (χ4v) is 3.82. The van der Waals surface area contributed by atoms with E-state index in [2.05, 4.69) is 20.1 Å². The molecule has 4 N–H and O–H groups in total. The summed E-state index contributed by atoms with van der Waals surface area (Å²) < 4.78 is 10.4. The number of carbonyl (C=O) groups is 1. The summed E-state index contributed by atoms with van der Waals surface area (Å²) >= 11 is 1.97. The van der Waals surface area contributed by atoms with Crippen LogP contribution in [0.1, 0.15) is 0 Å². The maximum atomic E-state index is 8.36. The van der Waals surface area contributed by atoms with Gasteiger partial charge in [-0.3, -0.25) is 14.9 Å². The number of hydrogen-bond donors (Lipinski definition) is 3. The number of fused-ring (bicyclic) bond motifs is 1. The van der Waals surface area contributed by atoms with Gasteiger partial charge in [-0.25, -0.2) is 4.98 Å². The van der Waals surface area contributed by atoms with Crippen LogP contribution in [0.5, 0.6) is 0 Å². The average molecular weight is 447 g/mol. The van der Waals surface area contributed by atoms with Crippen molar-refractivity contribution in [3.05, 3.63) is 30.6 Å². The van der Waals surface area contributed by atoms with Crippen molar-refractivity contribution in [1.82, 2.24) is 20.2 Å². The van der Waals surface area contributed by atoms with E-state index < -0.39 is 0 Å². The smallest absolute Gasteiger partial charge is 0.290 e. The van der Waals surface area contributed by atoms with Gasteiger partial charge in [-0.15, -0.1) is 0 Å². The molecule has 0 aromatic carbocycles. The van der Waals surface area contributed by atoms with Crippen LogP contribution >= 0.6 is 11.8 Å². The predicted octanol–water partition coefficient (Wildman–Crippen LogP) is 1.89. The molecule has 0 radical (unpaired) electrons. The summed E-state index contributed by atoms with van der Waals surface area (Å²) in [6, 6.07) is 5.69. The molecule has 10 nitrogen and oxygen atoms in total. The summed E-state index contributed by atoms with van der Waals surface area (Å²) in [6.45, 7) is 4.73. The first-order valence-corrected chi connectivity index (χ1v) is 11.0. The van der Waals surface area contributed by atoms with Gasteiger partial charge in [0.1, 0.15) is 17.0 Å². The quantitative estimate of drug-likeness (QED) is 0.500. The van der Waals surface area contributed by atoms with Crippen LogP contribution in [0.3, 0.4) is 0 Å². The second kappa shape index (κ2) is 12.1. The van der Waals surface area contributed by atoms with E-state index in [-0.39, 0.29) is 6.47 Å². The predicted molar refractivity (Wildman–Crippen MR) is 121 cm³/mol. The molecule has 0 atom stereocenters. The van der Waals surface area contributed by atoms with E-state index >= 15 is 0 Å². The van der Waals surface area contributed by atoms with Gasteiger partial charge in [0.15, 0.2) is 0 Å². The van der Waals surface area contributed by atoms with E-state index in [0.717, 1.165) is 54.4 Å². The molecule has 5 heterocycles. The van der Waals surface area contributed by atoms with E-state index in [0.29, 0.717) is 18.9 Å². The van der Waals surface area contributed by atoms with Gasteiger partial charge < -0.3 is 25.2 Å². The Kier molecular flexibility index (Phi) is 8.88. The standard InChI is InChI=1S/C15H16N6O.C4H8OS.CH2O2/c16-11-9-13(21-5-7-22-8-6-21)19-14-10(11)1-3-17-15(14)12-2-4-18-20-12;1-3-6-4-2-5-1;2-1-3/h1-4,9H,5-8H2,(H2,16,19)(H,18,20);1-4H2;1H,(H,2,3). The maximum absolute atomic E-state index is 8.36. The zero-order valence-corrected chi connectivity index (χ0v) is 17.9. The van der Waals surface area contributed by atoms with Gasteiger partial charge in [0, 0.05) is 54.1 Å². The van der Waals surface area contributed by atoms with Crippen molar-refractivity contribution >= 4 is 40.6 Å². The fourth-order valence-electron chi connectivity index (χ4n) is 3.14. The summed E-state index contributed by atoms with van der Waals surface area (Å²) in [6.07, 6.45) is 3.44. The second-order valence-corrected chi connectivity index (χ2v) is 7.75.